The quantitative estimate of drug-likeness (QED) is 0.248. The molecule has 5 rings (SSSR count). The topological polar surface area (TPSA) is 88.1 Å². The molecule has 0 saturated carbocycles. The molecule has 0 radical (unpaired) electrons. The molecule has 0 amide bonds. The number of aromatic nitrogens is 3. The summed E-state index contributed by atoms with van der Waals surface area (Å²) in [6.07, 6.45) is -1.14. The van der Waals surface area contributed by atoms with Crippen LogP contribution in [0.1, 0.15) is 43.7 Å². The number of ether oxygens (including phenoxy) is 1. The number of carboxylic acid groups (broad SMARTS) is 1. The van der Waals surface area contributed by atoms with Crippen molar-refractivity contribution < 1.29 is 14.6 Å². The van der Waals surface area contributed by atoms with Crippen LogP contribution in [0.15, 0.2) is 48.5 Å². The number of aryl methyl sites for hydroxylation is 2. The van der Waals surface area contributed by atoms with E-state index in [1.165, 1.54) is 11.3 Å². The molecular weight excluding hydrogens is 494 g/mol. The van der Waals surface area contributed by atoms with Gasteiger partial charge < -0.3 is 9.84 Å². The van der Waals surface area contributed by atoms with Gasteiger partial charge in [0, 0.05) is 27.1 Å². The van der Waals surface area contributed by atoms with Crippen LogP contribution in [0.5, 0.6) is 0 Å². The molecule has 0 spiro atoms. The fraction of sp³-hybridized carbons (Fsp3) is 0.250. The third-order valence-corrected chi connectivity index (χ3v) is 7.41. The maximum atomic E-state index is 12.5. The second kappa shape index (κ2) is 9.00. The predicted molar refractivity (Wildman–Crippen MR) is 146 cm³/mol. The summed E-state index contributed by atoms with van der Waals surface area (Å²) < 4.78 is 7.00. The van der Waals surface area contributed by atoms with E-state index in [2.05, 4.69) is 16.3 Å². The molecule has 3 aromatic carbocycles. The Morgan fingerprint density at radius 1 is 1.08 bits per heavy atom. The average Bonchev–Trinajstić information content (AvgIpc) is 3.40. The zero-order valence-electron chi connectivity index (χ0n) is 20.6. The summed E-state index contributed by atoms with van der Waals surface area (Å²) in [5.41, 5.74) is 6.15. The number of aliphatic carboxylic acids is 1. The maximum absolute atomic E-state index is 12.5. The lowest BCUT2D eigenvalue weighted by atomic mass is 9.91. The number of hydrogen-bond acceptors (Lipinski definition) is 5. The van der Waals surface area contributed by atoms with Crippen molar-refractivity contribution in [3.8, 4) is 21.7 Å². The Balaban J connectivity index is 1.79. The standard InChI is InChI=1S/C28H26ClN3O3S/c1-14-12-21-25(36-26(30-21)17-8-11-20-19(13-17)15(2)31-32-20)23(16-6-9-18(29)10-7-16)22(14)24(27(33)34)35-28(3,4)5/h6-13,24H,1-5H3,(H,31,32)(H,33,34). The zero-order valence-corrected chi connectivity index (χ0v) is 22.2. The minimum atomic E-state index is -1.14. The number of rotatable bonds is 5. The van der Waals surface area contributed by atoms with E-state index >= 15 is 0 Å². The van der Waals surface area contributed by atoms with Gasteiger partial charge in [0.05, 0.1) is 27.0 Å². The van der Waals surface area contributed by atoms with Gasteiger partial charge in [-0.2, -0.15) is 5.10 Å². The summed E-state index contributed by atoms with van der Waals surface area (Å²) in [6, 6.07) is 15.5. The number of H-pyrrole nitrogens is 1. The predicted octanol–water partition coefficient (Wildman–Crippen LogP) is 7.72. The number of halogens is 1. The summed E-state index contributed by atoms with van der Waals surface area (Å²) in [6.45, 7) is 9.46. The smallest absolute Gasteiger partial charge is 0.337 e. The molecule has 2 N–H and O–H groups in total. The summed E-state index contributed by atoms with van der Waals surface area (Å²) in [7, 11) is 0. The minimum Gasteiger partial charge on any atom is -0.479 e. The molecule has 0 aliphatic heterocycles. The van der Waals surface area contributed by atoms with E-state index in [0.717, 1.165) is 54.1 Å². The third-order valence-electron chi connectivity index (χ3n) is 6.02. The van der Waals surface area contributed by atoms with Crippen molar-refractivity contribution >= 4 is 50.0 Å². The van der Waals surface area contributed by atoms with Crippen LogP contribution in [0.3, 0.4) is 0 Å². The van der Waals surface area contributed by atoms with Gasteiger partial charge in [0.25, 0.3) is 0 Å². The second-order valence-corrected chi connectivity index (χ2v) is 11.3. The summed E-state index contributed by atoms with van der Waals surface area (Å²) >= 11 is 7.73. The summed E-state index contributed by atoms with van der Waals surface area (Å²) in [4.78, 5) is 17.5. The lowest BCUT2D eigenvalue weighted by Gasteiger charge is -2.28. The lowest BCUT2D eigenvalue weighted by Crippen LogP contribution is -2.28. The number of nitrogens with one attached hydrogen (secondary N) is 1. The summed E-state index contributed by atoms with van der Waals surface area (Å²) in [5, 5.41) is 20.1. The van der Waals surface area contributed by atoms with Crippen LogP contribution in [0.4, 0.5) is 0 Å². The lowest BCUT2D eigenvalue weighted by molar-refractivity contribution is -0.160. The highest BCUT2D eigenvalue weighted by Gasteiger charge is 2.32. The maximum Gasteiger partial charge on any atom is 0.337 e. The highest BCUT2D eigenvalue weighted by atomic mass is 35.5. The second-order valence-electron chi connectivity index (χ2n) is 9.87. The van der Waals surface area contributed by atoms with Gasteiger partial charge in [-0.1, -0.05) is 23.7 Å². The first-order chi connectivity index (χ1) is 17.0. The molecule has 36 heavy (non-hydrogen) atoms. The number of carboxylic acids is 1. The number of carbonyl (C=O) groups is 1. The van der Waals surface area contributed by atoms with E-state index < -0.39 is 17.7 Å². The van der Waals surface area contributed by atoms with Crippen molar-refractivity contribution in [2.75, 3.05) is 0 Å². The van der Waals surface area contributed by atoms with Gasteiger partial charge >= 0.3 is 5.97 Å². The molecule has 0 fully saturated rings. The first-order valence-corrected chi connectivity index (χ1v) is 12.8. The third kappa shape index (κ3) is 4.50. The van der Waals surface area contributed by atoms with E-state index in [1.807, 2.05) is 77.1 Å². The molecule has 1 atom stereocenters. The Hall–Kier alpha value is -3.26. The SMILES string of the molecule is Cc1cc2nc(-c3ccc4[nH]nc(C)c4c3)sc2c(-c2ccc(Cl)cc2)c1C(OC(C)(C)C)C(=O)O. The number of thiazole rings is 1. The van der Waals surface area contributed by atoms with Gasteiger partial charge in [0.1, 0.15) is 5.01 Å². The number of fused-ring (bicyclic) bond motifs is 2. The Labute approximate surface area is 217 Å². The van der Waals surface area contributed by atoms with Crippen molar-refractivity contribution in [1.82, 2.24) is 15.2 Å². The van der Waals surface area contributed by atoms with Crippen LogP contribution < -0.4 is 0 Å². The Kier molecular flexibility index (Phi) is 6.11. The van der Waals surface area contributed by atoms with Crippen LogP contribution in [0.25, 0.3) is 42.8 Å². The Morgan fingerprint density at radius 2 is 1.78 bits per heavy atom. The molecule has 0 saturated heterocycles. The molecule has 0 aliphatic carbocycles. The van der Waals surface area contributed by atoms with Crippen LogP contribution in [-0.2, 0) is 9.53 Å². The number of benzene rings is 3. The molecule has 1 unspecified atom stereocenters. The van der Waals surface area contributed by atoms with Gasteiger partial charge in [0.15, 0.2) is 6.10 Å². The molecule has 184 valence electrons. The van der Waals surface area contributed by atoms with E-state index in [-0.39, 0.29) is 0 Å². The minimum absolute atomic E-state index is 0.610. The fourth-order valence-electron chi connectivity index (χ4n) is 4.44. The molecule has 8 heteroatoms. The van der Waals surface area contributed by atoms with E-state index in [0.29, 0.717) is 10.6 Å². The highest BCUT2D eigenvalue weighted by Crippen LogP contribution is 2.44. The molecular formula is C28H26ClN3O3S. The van der Waals surface area contributed by atoms with Crippen LogP contribution in [0.2, 0.25) is 5.02 Å². The van der Waals surface area contributed by atoms with Gasteiger partial charge in [-0.15, -0.1) is 11.3 Å². The first-order valence-electron chi connectivity index (χ1n) is 11.6. The largest absolute Gasteiger partial charge is 0.479 e. The Bertz CT molecular complexity index is 1610. The van der Waals surface area contributed by atoms with E-state index in [4.69, 9.17) is 21.3 Å². The normalized spacial score (nSPS) is 12.9. The average molecular weight is 520 g/mol. The van der Waals surface area contributed by atoms with Crippen LogP contribution in [0, 0.1) is 13.8 Å². The molecule has 0 aliphatic rings. The monoisotopic (exact) mass is 519 g/mol. The van der Waals surface area contributed by atoms with Crippen molar-refractivity contribution in [3.63, 3.8) is 0 Å². The van der Waals surface area contributed by atoms with Crippen molar-refractivity contribution in [3.05, 3.63) is 70.4 Å². The number of nitrogens with zero attached hydrogens (tertiary/aromatic N) is 2. The Morgan fingerprint density at radius 3 is 2.44 bits per heavy atom. The van der Waals surface area contributed by atoms with Crippen LogP contribution in [-0.4, -0.2) is 31.9 Å². The van der Waals surface area contributed by atoms with Gasteiger partial charge in [0.2, 0.25) is 0 Å². The fourth-order valence-corrected chi connectivity index (χ4v) is 5.69. The van der Waals surface area contributed by atoms with Gasteiger partial charge in [-0.25, -0.2) is 9.78 Å². The zero-order chi connectivity index (χ0) is 25.8. The first kappa shape index (κ1) is 24.4. The van der Waals surface area contributed by atoms with E-state index in [9.17, 15) is 9.90 Å². The van der Waals surface area contributed by atoms with E-state index in [1.54, 1.807) is 0 Å². The molecule has 6 nitrogen and oxygen atoms in total. The van der Waals surface area contributed by atoms with Gasteiger partial charge in [-0.05, 0) is 82.1 Å². The van der Waals surface area contributed by atoms with Gasteiger partial charge in [-0.3, -0.25) is 5.10 Å². The molecule has 5 aromatic rings. The van der Waals surface area contributed by atoms with Crippen molar-refractivity contribution in [2.24, 2.45) is 0 Å². The van der Waals surface area contributed by atoms with Crippen molar-refractivity contribution in [2.45, 2.75) is 46.3 Å². The molecule has 2 heterocycles. The summed E-state index contributed by atoms with van der Waals surface area (Å²) in [5.74, 6) is -1.03. The molecule has 0 bridgehead atoms. The molecule has 2 aromatic heterocycles. The highest BCUT2D eigenvalue weighted by molar-refractivity contribution is 7.22. The van der Waals surface area contributed by atoms with Crippen molar-refractivity contribution in [1.29, 1.82) is 0 Å². The van der Waals surface area contributed by atoms with Crippen LogP contribution >= 0.6 is 22.9 Å². The number of hydrogen-bond donors (Lipinski definition) is 2. The number of aromatic amines is 1.